The zero-order chi connectivity index (χ0) is 16.5. The molecule has 2 rings (SSSR count). The lowest BCUT2D eigenvalue weighted by atomic mass is 10.1. The van der Waals surface area contributed by atoms with Gasteiger partial charge in [-0.25, -0.2) is 9.37 Å². The number of hydrogen-bond acceptors (Lipinski definition) is 5. The fourth-order valence-electron chi connectivity index (χ4n) is 1.93. The zero-order valence-corrected chi connectivity index (χ0v) is 13.8. The highest BCUT2D eigenvalue weighted by Crippen LogP contribution is 2.15. The third-order valence-electron chi connectivity index (χ3n) is 3.12. The van der Waals surface area contributed by atoms with Crippen LogP contribution < -0.4 is 10.6 Å². The summed E-state index contributed by atoms with van der Waals surface area (Å²) in [6, 6.07) is 6.30. The molecule has 1 amide bonds. The predicted molar refractivity (Wildman–Crippen MR) is 88.4 cm³/mol. The number of thiazole rings is 1. The summed E-state index contributed by atoms with van der Waals surface area (Å²) in [6.45, 7) is 2.62. The molecule has 0 spiro atoms. The zero-order valence-electron chi connectivity index (χ0n) is 13.0. The minimum atomic E-state index is -0.257. The van der Waals surface area contributed by atoms with Crippen LogP contribution in [0.15, 0.2) is 29.6 Å². The average Bonchev–Trinajstić information content (AvgIpc) is 3.01. The van der Waals surface area contributed by atoms with Crippen molar-refractivity contribution in [3.05, 3.63) is 51.7 Å². The van der Waals surface area contributed by atoms with Crippen molar-refractivity contribution in [2.75, 3.05) is 33.4 Å². The highest BCUT2D eigenvalue weighted by Gasteiger charge is 2.10. The largest absolute Gasteiger partial charge is 0.383 e. The molecular weight excluding hydrogens is 317 g/mol. The lowest BCUT2D eigenvalue weighted by Gasteiger charge is -2.05. The minimum absolute atomic E-state index is 0.180. The Morgan fingerprint density at radius 3 is 2.78 bits per heavy atom. The van der Waals surface area contributed by atoms with Crippen molar-refractivity contribution in [3.63, 3.8) is 0 Å². The Labute approximate surface area is 138 Å². The second-order valence-electron chi connectivity index (χ2n) is 4.93. The van der Waals surface area contributed by atoms with Crippen molar-refractivity contribution in [3.8, 4) is 0 Å². The number of carbonyl (C=O) groups excluding carboxylic acids is 1. The second kappa shape index (κ2) is 9.34. The third-order valence-corrected chi connectivity index (χ3v) is 3.97. The second-order valence-corrected chi connectivity index (χ2v) is 5.87. The molecule has 0 saturated heterocycles. The van der Waals surface area contributed by atoms with Crippen LogP contribution >= 0.6 is 11.3 Å². The van der Waals surface area contributed by atoms with Gasteiger partial charge in [-0.05, 0) is 17.7 Å². The van der Waals surface area contributed by atoms with Gasteiger partial charge in [0, 0.05) is 38.5 Å². The Morgan fingerprint density at radius 2 is 2.04 bits per heavy atom. The van der Waals surface area contributed by atoms with Crippen molar-refractivity contribution >= 4 is 17.2 Å². The maximum absolute atomic E-state index is 12.9. The normalized spacial score (nSPS) is 10.7. The molecule has 0 bridgehead atoms. The van der Waals surface area contributed by atoms with Gasteiger partial charge in [0.15, 0.2) is 0 Å². The highest BCUT2D eigenvalue weighted by molar-refractivity contribution is 7.09. The first-order valence-electron chi connectivity index (χ1n) is 7.35. The number of rotatable bonds is 9. The molecule has 2 N–H and O–H groups in total. The summed E-state index contributed by atoms with van der Waals surface area (Å²) in [5, 5.41) is 8.54. The Morgan fingerprint density at radius 1 is 1.26 bits per heavy atom. The maximum atomic E-state index is 12.9. The fourth-order valence-corrected chi connectivity index (χ4v) is 2.74. The first-order valence-corrected chi connectivity index (χ1v) is 8.23. The number of halogens is 1. The van der Waals surface area contributed by atoms with Gasteiger partial charge in [-0.2, -0.15) is 0 Å². The van der Waals surface area contributed by atoms with Gasteiger partial charge in [0.05, 0.1) is 11.6 Å². The number of aromatic nitrogens is 1. The number of methoxy groups -OCH3 is 1. The van der Waals surface area contributed by atoms with Crippen LogP contribution in [0.3, 0.4) is 0 Å². The van der Waals surface area contributed by atoms with E-state index in [0.717, 1.165) is 17.1 Å². The van der Waals surface area contributed by atoms with Gasteiger partial charge in [0.2, 0.25) is 0 Å². The van der Waals surface area contributed by atoms with E-state index in [9.17, 15) is 9.18 Å². The van der Waals surface area contributed by atoms with Crippen LogP contribution in [0.2, 0.25) is 0 Å². The van der Waals surface area contributed by atoms with Gasteiger partial charge in [-0.15, -0.1) is 11.3 Å². The van der Waals surface area contributed by atoms with Gasteiger partial charge in [0.25, 0.3) is 5.91 Å². The average molecular weight is 337 g/mol. The smallest absolute Gasteiger partial charge is 0.270 e. The van der Waals surface area contributed by atoms with Crippen molar-refractivity contribution in [2.24, 2.45) is 0 Å². The van der Waals surface area contributed by atoms with Crippen LogP contribution in [-0.2, 0) is 11.2 Å². The van der Waals surface area contributed by atoms with Crippen molar-refractivity contribution in [1.29, 1.82) is 0 Å². The number of nitrogens with one attached hydrogen (secondary N) is 2. The quantitative estimate of drug-likeness (QED) is 0.686. The van der Waals surface area contributed by atoms with E-state index in [0.29, 0.717) is 31.8 Å². The van der Waals surface area contributed by atoms with Gasteiger partial charge < -0.3 is 15.4 Å². The standard InChI is InChI=1S/C16H20FN3O2S/c1-22-9-8-18-6-7-19-16(21)14-11-23-15(20-14)10-12-2-4-13(17)5-3-12/h2-5,11,18H,6-10H2,1H3,(H,19,21). The third kappa shape index (κ3) is 6.05. The Hall–Kier alpha value is -1.83. The van der Waals surface area contributed by atoms with Crippen LogP contribution in [0.4, 0.5) is 4.39 Å². The van der Waals surface area contributed by atoms with E-state index in [4.69, 9.17) is 4.74 Å². The lowest BCUT2D eigenvalue weighted by Crippen LogP contribution is -2.33. The van der Waals surface area contributed by atoms with E-state index in [1.807, 2.05) is 0 Å². The topological polar surface area (TPSA) is 63.2 Å². The monoisotopic (exact) mass is 337 g/mol. The summed E-state index contributed by atoms with van der Waals surface area (Å²) in [5.74, 6) is -0.438. The first-order chi connectivity index (χ1) is 11.2. The van der Waals surface area contributed by atoms with Crippen molar-refractivity contribution < 1.29 is 13.9 Å². The lowest BCUT2D eigenvalue weighted by molar-refractivity contribution is 0.0949. The number of carbonyl (C=O) groups is 1. The highest BCUT2D eigenvalue weighted by atomic mass is 32.1. The van der Waals surface area contributed by atoms with Crippen LogP contribution in [0.25, 0.3) is 0 Å². The van der Waals surface area contributed by atoms with Gasteiger partial charge in [-0.3, -0.25) is 4.79 Å². The summed E-state index contributed by atoms with van der Waals surface area (Å²) < 4.78 is 17.8. The molecule has 124 valence electrons. The molecule has 0 aliphatic carbocycles. The molecule has 0 saturated carbocycles. The summed E-state index contributed by atoms with van der Waals surface area (Å²) in [5.41, 5.74) is 1.39. The van der Waals surface area contributed by atoms with E-state index < -0.39 is 0 Å². The number of hydrogen-bond donors (Lipinski definition) is 2. The first kappa shape index (κ1) is 17.5. The number of ether oxygens (including phenoxy) is 1. The van der Waals surface area contributed by atoms with E-state index in [-0.39, 0.29) is 11.7 Å². The van der Waals surface area contributed by atoms with Crippen LogP contribution in [-0.4, -0.2) is 44.2 Å². The van der Waals surface area contributed by atoms with Gasteiger partial charge in [0.1, 0.15) is 11.5 Å². The molecule has 5 nitrogen and oxygen atoms in total. The Balaban J connectivity index is 1.77. The van der Waals surface area contributed by atoms with Gasteiger partial charge in [-0.1, -0.05) is 12.1 Å². The molecule has 0 radical (unpaired) electrons. The molecule has 0 aliphatic rings. The summed E-state index contributed by atoms with van der Waals surface area (Å²) in [4.78, 5) is 16.3. The van der Waals surface area contributed by atoms with Crippen molar-refractivity contribution in [1.82, 2.24) is 15.6 Å². The van der Waals surface area contributed by atoms with E-state index >= 15 is 0 Å². The number of nitrogens with zero attached hydrogens (tertiary/aromatic N) is 1. The Kier molecular flexibility index (Phi) is 7.12. The maximum Gasteiger partial charge on any atom is 0.270 e. The van der Waals surface area contributed by atoms with Crippen molar-refractivity contribution in [2.45, 2.75) is 6.42 Å². The molecule has 2 aromatic rings. The summed E-state index contributed by atoms with van der Waals surface area (Å²) in [7, 11) is 1.65. The number of benzene rings is 1. The molecule has 7 heteroatoms. The summed E-state index contributed by atoms with van der Waals surface area (Å²) in [6.07, 6.45) is 0.594. The molecule has 1 aromatic carbocycles. The van der Waals surface area contributed by atoms with E-state index in [1.165, 1.54) is 23.5 Å². The molecular formula is C16H20FN3O2S. The van der Waals surface area contributed by atoms with Gasteiger partial charge >= 0.3 is 0 Å². The molecule has 1 heterocycles. The molecule has 1 aromatic heterocycles. The minimum Gasteiger partial charge on any atom is -0.383 e. The van der Waals surface area contributed by atoms with E-state index in [2.05, 4.69) is 15.6 Å². The van der Waals surface area contributed by atoms with Crippen LogP contribution in [0.1, 0.15) is 21.1 Å². The molecule has 23 heavy (non-hydrogen) atoms. The molecule has 0 fully saturated rings. The molecule has 0 atom stereocenters. The molecule has 0 unspecified atom stereocenters. The molecule has 0 aliphatic heterocycles. The predicted octanol–water partition coefficient (Wildman–Crippen LogP) is 1.84. The van der Waals surface area contributed by atoms with Crippen LogP contribution in [0.5, 0.6) is 0 Å². The summed E-state index contributed by atoms with van der Waals surface area (Å²) >= 11 is 1.43. The van der Waals surface area contributed by atoms with E-state index in [1.54, 1.807) is 24.6 Å². The van der Waals surface area contributed by atoms with Crippen LogP contribution in [0, 0.1) is 5.82 Å². The number of amides is 1. The SMILES string of the molecule is COCCNCCNC(=O)c1csc(Cc2ccc(F)cc2)n1. The fraction of sp³-hybridized carbons (Fsp3) is 0.375. The Bertz CT molecular complexity index is 616.